The number of hydrogen-bond donors (Lipinski definition) is 2. The van der Waals surface area contributed by atoms with Crippen LogP contribution in [0.4, 0.5) is 5.95 Å². The zero-order valence-corrected chi connectivity index (χ0v) is 18.5. The van der Waals surface area contributed by atoms with E-state index in [0.29, 0.717) is 23.7 Å². The number of H-pyrrole nitrogens is 1. The Morgan fingerprint density at radius 3 is 2.61 bits per heavy atom. The minimum Gasteiger partial charge on any atom is -0.303 e. The molecule has 0 aliphatic heterocycles. The van der Waals surface area contributed by atoms with Gasteiger partial charge in [-0.3, -0.25) is 14.3 Å². The first-order chi connectivity index (χ1) is 15.0. The van der Waals surface area contributed by atoms with Crippen LogP contribution in [0.1, 0.15) is 17.5 Å². The second-order valence-corrected chi connectivity index (χ2v) is 8.00. The second-order valence-electron chi connectivity index (χ2n) is 7.09. The van der Waals surface area contributed by atoms with E-state index in [1.54, 1.807) is 17.8 Å². The standard InChI is InChI=1S/C22H21BrN6O2/c1-28-19-18(20(30)26-22(28)31)29(13-5-8-15-6-3-2-4-7-15)21(25-19)27-24-14-16-9-11-17(23)12-10-16/h2-4,6-7,9-12,14H,5,8,13H2,1H3,(H,25,27)(H,26,30,31). The Balaban J connectivity index is 1.64. The molecule has 0 saturated heterocycles. The lowest BCUT2D eigenvalue weighted by Gasteiger charge is -2.08. The zero-order valence-electron chi connectivity index (χ0n) is 16.9. The number of hydrogen-bond acceptors (Lipinski definition) is 5. The molecule has 2 N–H and O–H groups in total. The van der Waals surface area contributed by atoms with Crippen LogP contribution in [-0.4, -0.2) is 25.3 Å². The number of halogens is 1. The molecule has 2 aromatic heterocycles. The summed E-state index contributed by atoms with van der Waals surface area (Å²) in [5.41, 5.74) is 4.75. The monoisotopic (exact) mass is 480 g/mol. The maximum absolute atomic E-state index is 12.5. The number of aromatic amines is 1. The first-order valence-electron chi connectivity index (χ1n) is 9.81. The van der Waals surface area contributed by atoms with Crippen molar-refractivity contribution in [1.82, 2.24) is 19.1 Å². The molecule has 0 atom stereocenters. The van der Waals surface area contributed by atoms with Gasteiger partial charge < -0.3 is 4.57 Å². The van der Waals surface area contributed by atoms with Gasteiger partial charge in [0.2, 0.25) is 5.95 Å². The Hall–Kier alpha value is -3.46. The van der Waals surface area contributed by atoms with Crippen LogP contribution >= 0.6 is 15.9 Å². The SMILES string of the molecule is Cn1c(=O)[nH]c(=O)c2c1nc(NN=Cc1ccc(Br)cc1)n2CCCc1ccccc1. The van der Waals surface area contributed by atoms with E-state index in [-0.39, 0.29) is 0 Å². The van der Waals surface area contributed by atoms with Gasteiger partial charge in [-0.15, -0.1) is 0 Å². The fraction of sp³-hybridized carbons (Fsp3) is 0.182. The van der Waals surface area contributed by atoms with Gasteiger partial charge in [-0.25, -0.2) is 10.2 Å². The van der Waals surface area contributed by atoms with Crippen molar-refractivity contribution >= 4 is 39.3 Å². The molecule has 9 heteroatoms. The van der Waals surface area contributed by atoms with Gasteiger partial charge in [-0.05, 0) is 36.1 Å². The van der Waals surface area contributed by atoms with Gasteiger partial charge in [0.15, 0.2) is 11.2 Å². The van der Waals surface area contributed by atoms with Crippen molar-refractivity contribution in [2.24, 2.45) is 12.1 Å². The van der Waals surface area contributed by atoms with E-state index in [1.165, 1.54) is 10.1 Å². The molecule has 4 aromatic rings. The Morgan fingerprint density at radius 1 is 1.13 bits per heavy atom. The summed E-state index contributed by atoms with van der Waals surface area (Å²) < 4.78 is 4.08. The molecular formula is C22H21BrN6O2. The van der Waals surface area contributed by atoms with Crippen LogP contribution < -0.4 is 16.7 Å². The molecule has 2 heterocycles. The third-order valence-electron chi connectivity index (χ3n) is 4.95. The molecule has 0 fully saturated rings. The summed E-state index contributed by atoms with van der Waals surface area (Å²) in [6.07, 6.45) is 3.32. The largest absolute Gasteiger partial charge is 0.329 e. The molecule has 0 radical (unpaired) electrons. The second kappa shape index (κ2) is 9.13. The lowest BCUT2D eigenvalue weighted by molar-refractivity contribution is 0.659. The van der Waals surface area contributed by atoms with Crippen molar-refractivity contribution in [2.75, 3.05) is 5.43 Å². The Kier molecular flexibility index (Phi) is 6.13. The maximum atomic E-state index is 12.5. The Morgan fingerprint density at radius 2 is 1.87 bits per heavy atom. The van der Waals surface area contributed by atoms with E-state index in [4.69, 9.17) is 0 Å². The minimum absolute atomic E-state index is 0.315. The van der Waals surface area contributed by atoms with Gasteiger partial charge in [0, 0.05) is 18.1 Å². The fourth-order valence-electron chi connectivity index (χ4n) is 3.34. The number of benzene rings is 2. The van der Waals surface area contributed by atoms with Crippen LogP contribution in [0, 0.1) is 0 Å². The van der Waals surface area contributed by atoms with Crippen molar-refractivity contribution in [3.05, 3.63) is 91.0 Å². The van der Waals surface area contributed by atoms with E-state index in [2.05, 4.69) is 48.6 Å². The molecule has 0 amide bonds. The highest BCUT2D eigenvalue weighted by Crippen LogP contribution is 2.17. The quantitative estimate of drug-likeness (QED) is 0.313. The first-order valence-corrected chi connectivity index (χ1v) is 10.6. The van der Waals surface area contributed by atoms with Crippen molar-refractivity contribution in [1.29, 1.82) is 0 Å². The Bertz CT molecular complexity index is 1340. The van der Waals surface area contributed by atoms with E-state index < -0.39 is 11.2 Å². The van der Waals surface area contributed by atoms with Crippen molar-refractivity contribution in [3.8, 4) is 0 Å². The molecule has 31 heavy (non-hydrogen) atoms. The fourth-order valence-corrected chi connectivity index (χ4v) is 3.60. The van der Waals surface area contributed by atoms with Gasteiger partial charge in [0.1, 0.15) is 0 Å². The number of aryl methyl sites for hydroxylation is 3. The number of aromatic nitrogens is 4. The number of anilines is 1. The molecule has 0 spiro atoms. The predicted octanol–water partition coefficient (Wildman–Crippen LogP) is 3.26. The number of nitrogens with one attached hydrogen (secondary N) is 2. The van der Waals surface area contributed by atoms with E-state index >= 15 is 0 Å². The zero-order chi connectivity index (χ0) is 21.8. The molecule has 0 unspecified atom stereocenters. The van der Waals surface area contributed by atoms with E-state index in [1.807, 2.05) is 42.5 Å². The number of fused-ring (bicyclic) bond motifs is 1. The third-order valence-corrected chi connectivity index (χ3v) is 5.47. The number of hydrazone groups is 1. The molecule has 0 bridgehead atoms. The summed E-state index contributed by atoms with van der Waals surface area (Å²) >= 11 is 3.41. The van der Waals surface area contributed by atoms with Crippen molar-refractivity contribution in [2.45, 2.75) is 19.4 Å². The highest BCUT2D eigenvalue weighted by molar-refractivity contribution is 9.10. The number of nitrogens with zero attached hydrogens (tertiary/aromatic N) is 4. The lowest BCUT2D eigenvalue weighted by Crippen LogP contribution is -2.29. The molecule has 0 saturated carbocycles. The average molecular weight is 481 g/mol. The van der Waals surface area contributed by atoms with Gasteiger partial charge >= 0.3 is 5.69 Å². The van der Waals surface area contributed by atoms with Gasteiger partial charge in [0.25, 0.3) is 5.56 Å². The molecular weight excluding hydrogens is 460 g/mol. The molecule has 8 nitrogen and oxygen atoms in total. The van der Waals surface area contributed by atoms with Gasteiger partial charge in [0.05, 0.1) is 6.21 Å². The van der Waals surface area contributed by atoms with E-state index in [9.17, 15) is 9.59 Å². The molecule has 0 aliphatic rings. The maximum Gasteiger partial charge on any atom is 0.329 e. The van der Waals surface area contributed by atoms with Crippen LogP contribution in [-0.2, 0) is 20.0 Å². The lowest BCUT2D eigenvalue weighted by atomic mass is 10.1. The van der Waals surface area contributed by atoms with Gasteiger partial charge in [-0.2, -0.15) is 10.1 Å². The predicted molar refractivity (Wildman–Crippen MR) is 126 cm³/mol. The van der Waals surface area contributed by atoms with Crippen molar-refractivity contribution in [3.63, 3.8) is 0 Å². The van der Waals surface area contributed by atoms with Crippen molar-refractivity contribution < 1.29 is 0 Å². The summed E-state index contributed by atoms with van der Waals surface area (Å²) in [5, 5.41) is 4.27. The van der Waals surface area contributed by atoms with E-state index in [0.717, 1.165) is 22.9 Å². The topological polar surface area (TPSA) is 97.1 Å². The molecule has 4 rings (SSSR count). The summed E-state index contributed by atoms with van der Waals surface area (Å²) in [7, 11) is 1.58. The highest BCUT2D eigenvalue weighted by atomic mass is 79.9. The van der Waals surface area contributed by atoms with Crippen LogP contribution in [0.25, 0.3) is 11.2 Å². The first kappa shape index (κ1) is 20.8. The normalized spacial score (nSPS) is 11.4. The summed E-state index contributed by atoms with van der Waals surface area (Å²) in [6, 6.07) is 17.8. The summed E-state index contributed by atoms with van der Waals surface area (Å²) in [5.74, 6) is 0.406. The van der Waals surface area contributed by atoms with Crippen LogP contribution in [0.2, 0.25) is 0 Å². The molecule has 158 valence electrons. The summed E-state index contributed by atoms with van der Waals surface area (Å²) in [4.78, 5) is 31.4. The molecule has 0 aliphatic carbocycles. The van der Waals surface area contributed by atoms with Crippen LogP contribution in [0.15, 0.2) is 73.8 Å². The Labute approximate surface area is 186 Å². The molecule has 2 aromatic carbocycles. The third kappa shape index (κ3) is 4.66. The van der Waals surface area contributed by atoms with Gasteiger partial charge in [-0.1, -0.05) is 58.4 Å². The average Bonchev–Trinajstić information content (AvgIpc) is 3.13. The smallest absolute Gasteiger partial charge is 0.303 e. The summed E-state index contributed by atoms with van der Waals surface area (Å²) in [6.45, 7) is 0.544. The number of rotatable bonds is 7. The van der Waals surface area contributed by atoms with Crippen LogP contribution in [0.3, 0.4) is 0 Å². The van der Waals surface area contributed by atoms with Crippen LogP contribution in [0.5, 0.6) is 0 Å². The highest BCUT2D eigenvalue weighted by Gasteiger charge is 2.17. The number of imidazole rings is 1. The minimum atomic E-state index is -0.503.